The van der Waals surface area contributed by atoms with Gasteiger partial charge in [0.25, 0.3) is 5.75 Å². The molecule has 1 heterocycles. The van der Waals surface area contributed by atoms with E-state index in [1.165, 1.54) is 0 Å². The Kier molecular flexibility index (Phi) is 3.76. The molecule has 0 aliphatic rings. The molecule has 0 aliphatic heterocycles. The van der Waals surface area contributed by atoms with E-state index in [0.29, 0.717) is 6.20 Å². The zero-order chi connectivity index (χ0) is 13.2. The second kappa shape index (κ2) is 4.73. The van der Waals surface area contributed by atoms with Crippen molar-refractivity contribution < 1.29 is 27.9 Å². The minimum absolute atomic E-state index is 0.155. The number of hydrogen-bond donors (Lipinski definition) is 1. The van der Waals surface area contributed by atoms with E-state index < -0.39 is 28.5 Å². The lowest BCUT2D eigenvalue weighted by Crippen LogP contribution is -2.18. The number of pyridine rings is 1. The standard InChI is InChI=1S/C7H4BrF3N2O4/c8-1-3-5(13(15)16)6(4(14)2-12-3)17-7(9,10)11/h2,14H,1H2. The maximum Gasteiger partial charge on any atom is 0.573 e. The summed E-state index contributed by atoms with van der Waals surface area (Å²) in [5.74, 6) is -2.33. The van der Waals surface area contributed by atoms with E-state index in [-0.39, 0.29) is 11.0 Å². The average molecular weight is 317 g/mol. The van der Waals surface area contributed by atoms with Crippen LogP contribution >= 0.6 is 15.9 Å². The molecule has 0 fully saturated rings. The summed E-state index contributed by atoms with van der Waals surface area (Å²) in [6.07, 6.45) is -4.50. The summed E-state index contributed by atoms with van der Waals surface area (Å²) in [5, 5.41) is 19.6. The zero-order valence-corrected chi connectivity index (χ0v) is 9.45. The monoisotopic (exact) mass is 316 g/mol. The Bertz CT molecular complexity index is 451. The largest absolute Gasteiger partial charge is 0.573 e. The summed E-state index contributed by atoms with van der Waals surface area (Å²) < 4.78 is 39.5. The summed E-state index contributed by atoms with van der Waals surface area (Å²) in [5.41, 5.74) is -1.31. The third-order valence-electron chi connectivity index (χ3n) is 1.59. The molecule has 1 N–H and O–H groups in total. The number of ether oxygens (including phenoxy) is 1. The van der Waals surface area contributed by atoms with Crippen molar-refractivity contribution in [3.63, 3.8) is 0 Å². The maximum absolute atomic E-state index is 12.0. The van der Waals surface area contributed by atoms with E-state index in [1.54, 1.807) is 0 Å². The second-order valence-electron chi connectivity index (χ2n) is 2.71. The van der Waals surface area contributed by atoms with Gasteiger partial charge in [-0.15, -0.1) is 13.2 Å². The van der Waals surface area contributed by atoms with Crippen LogP contribution in [0.3, 0.4) is 0 Å². The highest BCUT2D eigenvalue weighted by Gasteiger charge is 2.37. The number of halogens is 4. The quantitative estimate of drug-likeness (QED) is 0.526. The van der Waals surface area contributed by atoms with Gasteiger partial charge in [-0.3, -0.25) is 10.1 Å². The molecular formula is C7H4BrF3N2O4. The van der Waals surface area contributed by atoms with E-state index >= 15 is 0 Å². The fourth-order valence-electron chi connectivity index (χ4n) is 1.01. The van der Waals surface area contributed by atoms with Crippen molar-refractivity contribution in [1.29, 1.82) is 0 Å². The first-order valence-corrected chi connectivity index (χ1v) is 5.05. The van der Waals surface area contributed by atoms with Gasteiger partial charge in [-0.25, -0.2) is 4.98 Å². The molecule has 0 aliphatic carbocycles. The molecular weight excluding hydrogens is 313 g/mol. The molecule has 1 aromatic heterocycles. The van der Waals surface area contributed by atoms with Gasteiger partial charge in [0.2, 0.25) is 0 Å². The number of hydrogen-bond acceptors (Lipinski definition) is 5. The molecule has 1 aromatic rings. The van der Waals surface area contributed by atoms with Gasteiger partial charge in [-0.2, -0.15) is 0 Å². The lowest BCUT2D eigenvalue weighted by molar-refractivity contribution is -0.389. The lowest BCUT2D eigenvalue weighted by atomic mass is 10.3. The third kappa shape index (κ3) is 3.19. The van der Waals surface area contributed by atoms with Gasteiger partial charge >= 0.3 is 12.0 Å². The molecule has 0 saturated heterocycles. The fraction of sp³-hybridized carbons (Fsp3) is 0.286. The van der Waals surface area contributed by atoms with E-state index in [1.807, 2.05) is 0 Å². The number of nitro groups is 1. The number of aromatic hydroxyl groups is 1. The lowest BCUT2D eigenvalue weighted by Gasteiger charge is -2.11. The summed E-state index contributed by atoms with van der Waals surface area (Å²) in [6, 6.07) is 0. The van der Waals surface area contributed by atoms with Gasteiger partial charge in [0.05, 0.1) is 16.5 Å². The summed E-state index contributed by atoms with van der Waals surface area (Å²) in [6.45, 7) is 0. The Morgan fingerprint density at radius 2 is 2.18 bits per heavy atom. The van der Waals surface area contributed by atoms with E-state index in [4.69, 9.17) is 5.11 Å². The highest BCUT2D eigenvalue weighted by molar-refractivity contribution is 9.08. The first-order valence-electron chi connectivity index (χ1n) is 3.93. The molecule has 17 heavy (non-hydrogen) atoms. The number of aromatic nitrogens is 1. The number of rotatable bonds is 3. The average Bonchev–Trinajstić information content (AvgIpc) is 2.18. The Balaban J connectivity index is 3.39. The smallest absolute Gasteiger partial charge is 0.503 e. The highest BCUT2D eigenvalue weighted by atomic mass is 79.9. The van der Waals surface area contributed by atoms with Crippen LogP contribution in [0.25, 0.3) is 0 Å². The van der Waals surface area contributed by atoms with Crippen LogP contribution in [0.4, 0.5) is 18.9 Å². The minimum Gasteiger partial charge on any atom is -0.503 e. The third-order valence-corrected chi connectivity index (χ3v) is 2.12. The van der Waals surface area contributed by atoms with Gasteiger partial charge in [-0.1, -0.05) is 15.9 Å². The molecule has 94 valence electrons. The number of nitrogens with zero attached hydrogens (tertiary/aromatic N) is 2. The SMILES string of the molecule is O=[N+]([O-])c1c(CBr)ncc(O)c1OC(F)(F)F. The Labute approximate surface area is 100 Å². The Hall–Kier alpha value is -1.58. The Morgan fingerprint density at radius 3 is 2.59 bits per heavy atom. The molecule has 6 nitrogen and oxygen atoms in total. The van der Waals surface area contributed by atoms with Crippen molar-refractivity contribution >= 4 is 21.6 Å². The topological polar surface area (TPSA) is 85.5 Å². The zero-order valence-electron chi connectivity index (χ0n) is 7.86. The Morgan fingerprint density at radius 1 is 1.59 bits per heavy atom. The van der Waals surface area contributed by atoms with Crippen LogP contribution in [0, 0.1) is 10.1 Å². The summed E-state index contributed by atoms with van der Waals surface area (Å²) >= 11 is 2.83. The van der Waals surface area contributed by atoms with Crippen LogP contribution in [0.1, 0.15) is 5.69 Å². The van der Waals surface area contributed by atoms with Gasteiger partial charge in [0.1, 0.15) is 5.69 Å². The van der Waals surface area contributed by atoms with Gasteiger partial charge in [0.15, 0.2) is 5.75 Å². The van der Waals surface area contributed by atoms with Crippen molar-refractivity contribution in [3.05, 3.63) is 22.0 Å². The van der Waals surface area contributed by atoms with Crippen molar-refractivity contribution in [2.24, 2.45) is 0 Å². The fourth-order valence-corrected chi connectivity index (χ4v) is 1.42. The van der Waals surface area contributed by atoms with Crippen LogP contribution in [0.2, 0.25) is 0 Å². The molecule has 0 unspecified atom stereocenters. The molecule has 0 amide bonds. The van der Waals surface area contributed by atoms with Crippen LogP contribution in [0.15, 0.2) is 6.20 Å². The van der Waals surface area contributed by atoms with Crippen LogP contribution in [-0.2, 0) is 5.33 Å². The van der Waals surface area contributed by atoms with Crippen LogP contribution in [0.5, 0.6) is 11.5 Å². The predicted molar refractivity (Wildman–Crippen MR) is 51.9 cm³/mol. The first-order chi connectivity index (χ1) is 7.76. The normalized spacial score (nSPS) is 11.3. The van der Waals surface area contributed by atoms with Gasteiger partial charge < -0.3 is 9.84 Å². The van der Waals surface area contributed by atoms with Crippen LogP contribution in [-0.4, -0.2) is 21.4 Å². The van der Waals surface area contributed by atoms with Crippen LogP contribution < -0.4 is 4.74 Å². The first kappa shape index (κ1) is 13.5. The van der Waals surface area contributed by atoms with E-state index in [2.05, 4.69) is 25.7 Å². The summed E-state index contributed by atoms with van der Waals surface area (Å²) in [7, 11) is 0. The molecule has 10 heteroatoms. The van der Waals surface area contributed by atoms with Gasteiger partial charge in [0, 0.05) is 0 Å². The molecule has 0 aromatic carbocycles. The molecule has 0 atom stereocenters. The second-order valence-corrected chi connectivity index (χ2v) is 3.27. The number of alkyl halides is 4. The molecule has 0 spiro atoms. The summed E-state index contributed by atoms with van der Waals surface area (Å²) in [4.78, 5) is 12.9. The highest BCUT2D eigenvalue weighted by Crippen LogP contribution is 2.41. The van der Waals surface area contributed by atoms with E-state index in [0.717, 1.165) is 0 Å². The van der Waals surface area contributed by atoms with Crippen molar-refractivity contribution in [2.75, 3.05) is 0 Å². The molecule has 0 bridgehead atoms. The maximum atomic E-state index is 12.0. The molecule has 0 radical (unpaired) electrons. The van der Waals surface area contributed by atoms with E-state index in [9.17, 15) is 23.3 Å². The predicted octanol–water partition coefficient (Wildman–Crippen LogP) is 2.49. The van der Waals surface area contributed by atoms with Crippen molar-refractivity contribution in [1.82, 2.24) is 4.98 Å². The van der Waals surface area contributed by atoms with Crippen molar-refractivity contribution in [2.45, 2.75) is 11.7 Å². The molecule has 0 saturated carbocycles. The molecule has 1 rings (SSSR count). The van der Waals surface area contributed by atoms with Crippen molar-refractivity contribution in [3.8, 4) is 11.5 Å². The minimum atomic E-state index is -5.15. The van der Waals surface area contributed by atoms with Gasteiger partial charge in [-0.05, 0) is 0 Å².